The molecule has 0 atom stereocenters. The zero-order valence-electron chi connectivity index (χ0n) is 13.1. The van der Waals surface area contributed by atoms with Gasteiger partial charge in [-0.05, 0) is 52.2 Å². The van der Waals surface area contributed by atoms with Crippen LogP contribution < -0.4 is 14.9 Å². The highest BCUT2D eigenvalue weighted by Crippen LogP contribution is 2.35. The SMILES string of the molecule is COc1cc(/C=N\NC(=O)c2ccccc2C)cc(Br)c1OC. The first-order valence-electron chi connectivity index (χ1n) is 6.87. The molecule has 0 aliphatic carbocycles. The summed E-state index contributed by atoms with van der Waals surface area (Å²) in [4.78, 5) is 12.1. The van der Waals surface area contributed by atoms with Crippen LogP contribution in [0.5, 0.6) is 11.5 Å². The van der Waals surface area contributed by atoms with Crippen molar-refractivity contribution in [3.05, 3.63) is 57.6 Å². The number of hydrogen-bond donors (Lipinski definition) is 1. The number of carbonyl (C=O) groups excluding carboxylic acids is 1. The van der Waals surface area contributed by atoms with Gasteiger partial charge in [-0.2, -0.15) is 5.10 Å². The van der Waals surface area contributed by atoms with Gasteiger partial charge in [-0.15, -0.1) is 0 Å². The van der Waals surface area contributed by atoms with Gasteiger partial charge in [-0.3, -0.25) is 4.79 Å². The Balaban J connectivity index is 2.13. The van der Waals surface area contributed by atoms with Gasteiger partial charge in [-0.25, -0.2) is 5.43 Å². The Morgan fingerprint density at radius 3 is 2.61 bits per heavy atom. The highest BCUT2D eigenvalue weighted by atomic mass is 79.9. The van der Waals surface area contributed by atoms with Gasteiger partial charge in [0.05, 0.1) is 24.9 Å². The average Bonchev–Trinajstić information content (AvgIpc) is 2.54. The average molecular weight is 377 g/mol. The first-order chi connectivity index (χ1) is 11.1. The minimum atomic E-state index is -0.251. The van der Waals surface area contributed by atoms with E-state index >= 15 is 0 Å². The summed E-state index contributed by atoms with van der Waals surface area (Å²) in [5.74, 6) is 0.932. The monoisotopic (exact) mass is 376 g/mol. The number of amides is 1. The maximum Gasteiger partial charge on any atom is 0.271 e. The molecular formula is C17H17BrN2O3. The molecule has 0 unspecified atom stereocenters. The molecule has 0 radical (unpaired) electrons. The van der Waals surface area contributed by atoms with Crippen molar-refractivity contribution in [1.29, 1.82) is 0 Å². The fourth-order valence-corrected chi connectivity index (χ4v) is 2.69. The van der Waals surface area contributed by atoms with Crippen molar-refractivity contribution >= 4 is 28.1 Å². The molecule has 120 valence electrons. The first-order valence-corrected chi connectivity index (χ1v) is 7.66. The normalized spacial score (nSPS) is 10.6. The van der Waals surface area contributed by atoms with Crippen LogP contribution in [-0.4, -0.2) is 26.3 Å². The van der Waals surface area contributed by atoms with Gasteiger partial charge >= 0.3 is 0 Å². The van der Waals surface area contributed by atoms with Crippen molar-refractivity contribution in [2.24, 2.45) is 5.10 Å². The molecule has 0 saturated heterocycles. The second-order valence-corrected chi connectivity index (χ2v) is 5.61. The highest BCUT2D eigenvalue weighted by molar-refractivity contribution is 9.10. The molecule has 1 N–H and O–H groups in total. The molecule has 0 heterocycles. The molecule has 0 fully saturated rings. The van der Waals surface area contributed by atoms with E-state index in [2.05, 4.69) is 26.5 Å². The molecule has 0 spiro atoms. The number of ether oxygens (including phenoxy) is 2. The van der Waals surface area contributed by atoms with E-state index in [0.717, 1.165) is 15.6 Å². The number of hydrogen-bond acceptors (Lipinski definition) is 4. The van der Waals surface area contributed by atoms with Crippen molar-refractivity contribution in [1.82, 2.24) is 5.43 Å². The number of carbonyl (C=O) groups is 1. The summed E-state index contributed by atoms with van der Waals surface area (Å²) >= 11 is 3.41. The highest BCUT2D eigenvalue weighted by Gasteiger charge is 2.10. The number of methoxy groups -OCH3 is 2. The molecule has 2 aromatic carbocycles. The molecule has 0 saturated carbocycles. The van der Waals surface area contributed by atoms with Crippen LogP contribution in [0, 0.1) is 6.92 Å². The third-order valence-corrected chi connectivity index (χ3v) is 3.81. The van der Waals surface area contributed by atoms with E-state index in [1.807, 2.05) is 31.2 Å². The van der Waals surface area contributed by atoms with Crippen molar-refractivity contribution in [3.8, 4) is 11.5 Å². The van der Waals surface area contributed by atoms with Crippen LogP contribution in [0.3, 0.4) is 0 Å². The Hall–Kier alpha value is -2.34. The Kier molecular flexibility index (Phi) is 5.76. The fourth-order valence-electron chi connectivity index (χ4n) is 2.07. The first kappa shape index (κ1) is 17.0. The molecule has 0 bridgehead atoms. The smallest absolute Gasteiger partial charge is 0.271 e. The molecule has 2 aromatic rings. The molecule has 23 heavy (non-hydrogen) atoms. The minimum absolute atomic E-state index is 0.251. The van der Waals surface area contributed by atoms with Crippen LogP contribution in [0.15, 0.2) is 46.0 Å². The number of nitrogens with one attached hydrogen (secondary N) is 1. The zero-order chi connectivity index (χ0) is 16.8. The Morgan fingerprint density at radius 2 is 1.96 bits per heavy atom. The van der Waals surface area contributed by atoms with E-state index in [-0.39, 0.29) is 5.91 Å². The van der Waals surface area contributed by atoms with Crippen LogP contribution in [0.1, 0.15) is 21.5 Å². The van der Waals surface area contributed by atoms with E-state index < -0.39 is 0 Å². The lowest BCUT2D eigenvalue weighted by molar-refractivity contribution is 0.0954. The standard InChI is InChI=1S/C17H17BrN2O3/c1-11-6-4-5-7-13(11)17(21)20-19-10-12-8-14(18)16(23-3)15(9-12)22-2/h4-10H,1-3H3,(H,20,21)/b19-10-. The van der Waals surface area contributed by atoms with Gasteiger partial charge in [0.25, 0.3) is 5.91 Å². The van der Waals surface area contributed by atoms with Crippen molar-refractivity contribution in [3.63, 3.8) is 0 Å². The summed E-state index contributed by atoms with van der Waals surface area (Å²) in [5.41, 5.74) is 4.77. The molecule has 6 heteroatoms. The summed E-state index contributed by atoms with van der Waals surface area (Å²) in [6, 6.07) is 10.9. The number of hydrazone groups is 1. The summed E-state index contributed by atoms with van der Waals surface area (Å²) in [7, 11) is 3.13. The van der Waals surface area contributed by atoms with Gasteiger partial charge in [-0.1, -0.05) is 18.2 Å². The molecule has 0 aliphatic heterocycles. The van der Waals surface area contributed by atoms with Crippen LogP contribution >= 0.6 is 15.9 Å². The quantitative estimate of drug-likeness (QED) is 0.641. The number of rotatable bonds is 5. The van der Waals surface area contributed by atoms with Crippen LogP contribution in [0.25, 0.3) is 0 Å². The Bertz CT molecular complexity index is 745. The van der Waals surface area contributed by atoms with Gasteiger partial charge in [0, 0.05) is 5.56 Å². The minimum Gasteiger partial charge on any atom is -0.493 e. The van der Waals surface area contributed by atoms with E-state index in [1.165, 1.54) is 0 Å². The van der Waals surface area contributed by atoms with Crippen LogP contribution in [-0.2, 0) is 0 Å². The maximum absolute atomic E-state index is 12.1. The lowest BCUT2D eigenvalue weighted by Crippen LogP contribution is -2.18. The molecule has 1 amide bonds. The zero-order valence-corrected chi connectivity index (χ0v) is 14.7. The molecule has 2 rings (SSSR count). The second-order valence-electron chi connectivity index (χ2n) is 4.75. The topological polar surface area (TPSA) is 59.9 Å². The van der Waals surface area contributed by atoms with Crippen molar-refractivity contribution in [2.45, 2.75) is 6.92 Å². The van der Waals surface area contributed by atoms with E-state index in [9.17, 15) is 4.79 Å². The summed E-state index contributed by atoms with van der Waals surface area (Å²) < 4.78 is 11.3. The summed E-state index contributed by atoms with van der Waals surface area (Å²) in [5, 5.41) is 3.99. The summed E-state index contributed by atoms with van der Waals surface area (Å²) in [6.07, 6.45) is 1.54. The number of halogens is 1. The summed E-state index contributed by atoms with van der Waals surface area (Å²) in [6.45, 7) is 1.88. The van der Waals surface area contributed by atoms with E-state index in [0.29, 0.717) is 17.1 Å². The van der Waals surface area contributed by atoms with E-state index in [4.69, 9.17) is 9.47 Å². The van der Waals surface area contributed by atoms with Crippen molar-refractivity contribution in [2.75, 3.05) is 14.2 Å². The molecule has 0 aromatic heterocycles. The second kappa shape index (κ2) is 7.78. The van der Waals surface area contributed by atoms with E-state index in [1.54, 1.807) is 32.6 Å². The van der Waals surface area contributed by atoms with Crippen LogP contribution in [0.2, 0.25) is 0 Å². The third-order valence-electron chi connectivity index (χ3n) is 3.23. The lowest BCUT2D eigenvalue weighted by atomic mass is 10.1. The van der Waals surface area contributed by atoms with Crippen molar-refractivity contribution < 1.29 is 14.3 Å². The number of aryl methyl sites for hydroxylation is 1. The number of benzene rings is 2. The Morgan fingerprint density at radius 1 is 1.22 bits per heavy atom. The fraction of sp³-hybridized carbons (Fsp3) is 0.176. The molecular weight excluding hydrogens is 360 g/mol. The predicted molar refractivity (Wildman–Crippen MR) is 93.5 cm³/mol. The Labute approximate surface area is 143 Å². The predicted octanol–water partition coefficient (Wildman–Crippen LogP) is 3.54. The van der Waals surface area contributed by atoms with Gasteiger partial charge in [0.2, 0.25) is 0 Å². The van der Waals surface area contributed by atoms with Gasteiger partial charge in [0.15, 0.2) is 11.5 Å². The largest absolute Gasteiger partial charge is 0.493 e. The molecule has 0 aliphatic rings. The third kappa shape index (κ3) is 4.10. The van der Waals surface area contributed by atoms with Gasteiger partial charge in [0.1, 0.15) is 0 Å². The van der Waals surface area contributed by atoms with Crippen LogP contribution in [0.4, 0.5) is 0 Å². The number of nitrogens with zero attached hydrogens (tertiary/aromatic N) is 1. The van der Waals surface area contributed by atoms with Gasteiger partial charge < -0.3 is 9.47 Å². The lowest BCUT2D eigenvalue weighted by Gasteiger charge is -2.10. The molecule has 5 nitrogen and oxygen atoms in total. The maximum atomic E-state index is 12.1.